The number of methoxy groups -OCH3 is 1. The van der Waals surface area contributed by atoms with Crippen LogP contribution in [0.25, 0.3) is 0 Å². The van der Waals surface area contributed by atoms with E-state index in [9.17, 15) is 9.50 Å². The Morgan fingerprint density at radius 1 is 1.14 bits per heavy atom. The van der Waals surface area contributed by atoms with Gasteiger partial charge < -0.3 is 15.2 Å². The Morgan fingerprint density at radius 3 is 2.55 bits per heavy atom. The van der Waals surface area contributed by atoms with Gasteiger partial charge in [0.1, 0.15) is 11.6 Å². The first-order chi connectivity index (χ1) is 10.6. The van der Waals surface area contributed by atoms with Crippen molar-refractivity contribution in [2.75, 3.05) is 13.7 Å². The molecule has 0 aliphatic rings. The minimum atomic E-state index is -0.525. The number of nitrogens with one attached hydrogen (secondary N) is 1. The summed E-state index contributed by atoms with van der Waals surface area (Å²) in [4.78, 5) is 0. The van der Waals surface area contributed by atoms with E-state index in [0.29, 0.717) is 24.3 Å². The molecule has 0 fully saturated rings. The SMILES string of the molecule is COc1cccc(F)c1C(C)NCC(O)Cc1ccccc1. The summed E-state index contributed by atoms with van der Waals surface area (Å²) in [6, 6.07) is 14.3. The lowest BCUT2D eigenvalue weighted by Crippen LogP contribution is -2.31. The second-order valence-corrected chi connectivity index (χ2v) is 5.33. The van der Waals surface area contributed by atoms with E-state index < -0.39 is 6.10 Å². The molecule has 22 heavy (non-hydrogen) atoms. The molecule has 2 aromatic rings. The van der Waals surface area contributed by atoms with Crippen LogP contribution >= 0.6 is 0 Å². The Hall–Kier alpha value is -1.91. The van der Waals surface area contributed by atoms with Gasteiger partial charge in [0.25, 0.3) is 0 Å². The van der Waals surface area contributed by atoms with Crippen molar-refractivity contribution in [2.24, 2.45) is 0 Å². The van der Waals surface area contributed by atoms with Gasteiger partial charge in [0, 0.05) is 18.2 Å². The predicted octanol–water partition coefficient (Wildman–Crippen LogP) is 3.09. The summed E-state index contributed by atoms with van der Waals surface area (Å²) in [5.74, 6) is 0.203. The third-order valence-corrected chi connectivity index (χ3v) is 3.64. The van der Waals surface area contributed by atoms with Crippen LogP contribution in [0.2, 0.25) is 0 Å². The molecular weight excluding hydrogens is 281 g/mol. The Morgan fingerprint density at radius 2 is 1.86 bits per heavy atom. The Kier molecular flexibility index (Phi) is 5.92. The molecule has 0 heterocycles. The molecule has 0 saturated carbocycles. The average Bonchev–Trinajstić information content (AvgIpc) is 2.53. The molecule has 0 amide bonds. The highest BCUT2D eigenvalue weighted by atomic mass is 19.1. The second kappa shape index (κ2) is 7.92. The minimum Gasteiger partial charge on any atom is -0.496 e. The number of hydrogen-bond donors (Lipinski definition) is 2. The zero-order valence-corrected chi connectivity index (χ0v) is 12.9. The van der Waals surface area contributed by atoms with E-state index in [-0.39, 0.29) is 11.9 Å². The van der Waals surface area contributed by atoms with Gasteiger partial charge in [-0.15, -0.1) is 0 Å². The Balaban J connectivity index is 1.94. The van der Waals surface area contributed by atoms with Crippen LogP contribution in [0.4, 0.5) is 4.39 Å². The topological polar surface area (TPSA) is 41.5 Å². The van der Waals surface area contributed by atoms with Gasteiger partial charge in [0.05, 0.1) is 13.2 Å². The lowest BCUT2D eigenvalue weighted by Gasteiger charge is -2.20. The van der Waals surface area contributed by atoms with E-state index in [4.69, 9.17) is 4.74 Å². The van der Waals surface area contributed by atoms with Crippen molar-refractivity contribution in [2.45, 2.75) is 25.5 Å². The number of ether oxygens (including phenoxy) is 1. The van der Waals surface area contributed by atoms with Crippen molar-refractivity contribution in [3.8, 4) is 5.75 Å². The van der Waals surface area contributed by atoms with Crippen molar-refractivity contribution < 1.29 is 14.2 Å². The molecule has 0 aliphatic heterocycles. The smallest absolute Gasteiger partial charge is 0.131 e. The molecule has 4 heteroatoms. The summed E-state index contributed by atoms with van der Waals surface area (Å²) >= 11 is 0. The van der Waals surface area contributed by atoms with Gasteiger partial charge in [-0.3, -0.25) is 0 Å². The summed E-state index contributed by atoms with van der Waals surface area (Å²) in [7, 11) is 1.52. The highest BCUT2D eigenvalue weighted by Crippen LogP contribution is 2.27. The van der Waals surface area contributed by atoms with Gasteiger partial charge >= 0.3 is 0 Å². The third-order valence-electron chi connectivity index (χ3n) is 3.64. The molecule has 2 N–H and O–H groups in total. The average molecular weight is 303 g/mol. The lowest BCUT2D eigenvalue weighted by atomic mass is 10.0. The number of halogens is 1. The predicted molar refractivity (Wildman–Crippen MR) is 85.5 cm³/mol. The van der Waals surface area contributed by atoms with Crippen LogP contribution < -0.4 is 10.1 Å². The van der Waals surface area contributed by atoms with Gasteiger partial charge in [-0.2, -0.15) is 0 Å². The van der Waals surface area contributed by atoms with E-state index in [1.54, 1.807) is 12.1 Å². The molecule has 2 atom stereocenters. The Bertz CT molecular complexity index is 589. The minimum absolute atomic E-state index is 0.249. The zero-order chi connectivity index (χ0) is 15.9. The van der Waals surface area contributed by atoms with Crippen LogP contribution in [-0.4, -0.2) is 24.9 Å². The number of aliphatic hydroxyl groups excluding tert-OH is 1. The van der Waals surface area contributed by atoms with Gasteiger partial charge in [-0.25, -0.2) is 4.39 Å². The summed E-state index contributed by atoms with van der Waals surface area (Å²) in [6.45, 7) is 2.24. The molecule has 3 nitrogen and oxygen atoms in total. The quantitative estimate of drug-likeness (QED) is 0.826. The fraction of sp³-hybridized carbons (Fsp3) is 0.333. The molecule has 118 valence electrons. The van der Waals surface area contributed by atoms with Crippen LogP contribution in [0.3, 0.4) is 0 Å². The van der Waals surface area contributed by atoms with Crippen LogP contribution in [0.15, 0.2) is 48.5 Å². The normalized spacial score (nSPS) is 13.6. The molecular formula is C18H22FNO2. The molecule has 0 bridgehead atoms. The zero-order valence-electron chi connectivity index (χ0n) is 12.9. The Labute approximate surface area is 130 Å². The maximum Gasteiger partial charge on any atom is 0.131 e. The highest BCUT2D eigenvalue weighted by Gasteiger charge is 2.17. The fourth-order valence-corrected chi connectivity index (χ4v) is 2.49. The summed E-state index contributed by atoms with van der Waals surface area (Å²) in [6.07, 6.45) is 0.0391. The molecule has 2 aromatic carbocycles. The van der Waals surface area contributed by atoms with Crippen LogP contribution in [0.5, 0.6) is 5.75 Å². The van der Waals surface area contributed by atoms with E-state index in [1.165, 1.54) is 13.2 Å². The van der Waals surface area contributed by atoms with Gasteiger partial charge in [0.2, 0.25) is 0 Å². The van der Waals surface area contributed by atoms with E-state index in [2.05, 4.69) is 5.32 Å². The second-order valence-electron chi connectivity index (χ2n) is 5.33. The molecule has 0 aromatic heterocycles. The van der Waals surface area contributed by atoms with Crippen molar-refractivity contribution in [3.05, 3.63) is 65.5 Å². The van der Waals surface area contributed by atoms with Crippen molar-refractivity contribution in [1.29, 1.82) is 0 Å². The van der Waals surface area contributed by atoms with Crippen molar-refractivity contribution in [1.82, 2.24) is 5.32 Å². The van der Waals surface area contributed by atoms with Gasteiger partial charge in [-0.1, -0.05) is 36.4 Å². The van der Waals surface area contributed by atoms with Crippen LogP contribution in [-0.2, 0) is 6.42 Å². The largest absolute Gasteiger partial charge is 0.496 e. The van der Waals surface area contributed by atoms with E-state index in [0.717, 1.165) is 5.56 Å². The number of aliphatic hydroxyl groups is 1. The first kappa shape index (κ1) is 16.5. The maximum atomic E-state index is 14.0. The monoisotopic (exact) mass is 303 g/mol. The molecule has 0 aliphatic carbocycles. The standard InChI is InChI=1S/C18H22FNO2/c1-13(18-16(19)9-6-10-17(18)22-2)20-12-15(21)11-14-7-4-3-5-8-14/h3-10,13,15,20-21H,11-12H2,1-2H3. The first-order valence-corrected chi connectivity index (χ1v) is 7.39. The van der Waals surface area contributed by atoms with E-state index >= 15 is 0 Å². The highest BCUT2D eigenvalue weighted by molar-refractivity contribution is 5.36. The van der Waals surface area contributed by atoms with Crippen LogP contribution in [0, 0.1) is 5.82 Å². The summed E-state index contributed by atoms with van der Waals surface area (Å²) in [5.41, 5.74) is 1.56. The van der Waals surface area contributed by atoms with E-state index in [1.807, 2.05) is 37.3 Å². The molecule has 2 rings (SSSR count). The van der Waals surface area contributed by atoms with Gasteiger partial charge in [0.15, 0.2) is 0 Å². The fourth-order valence-electron chi connectivity index (χ4n) is 2.49. The summed E-state index contributed by atoms with van der Waals surface area (Å²) in [5, 5.41) is 13.3. The molecule has 2 unspecified atom stereocenters. The van der Waals surface area contributed by atoms with Crippen LogP contribution in [0.1, 0.15) is 24.1 Å². The first-order valence-electron chi connectivity index (χ1n) is 7.39. The third kappa shape index (κ3) is 4.29. The number of hydrogen-bond acceptors (Lipinski definition) is 3. The molecule has 0 saturated heterocycles. The van der Waals surface area contributed by atoms with Gasteiger partial charge in [-0.05, 0) is 31.0 Å². The van der Waals surface area contributed by atoms with Crippen molar-refractivity contribution >= 4 is 0 Å². The summed E-state index contributed by atoms with van der Waals surface area (Å²) < 4.78 is 19.2. The lowest BCUT2D eigenvalue weighted by molar-refractivity contribution is 0.167. The number of rotatable bonds is 7. The number of benzene rings is 2. The van der Waals surface area contributed by atoms with Crippen molar-refractivity contribution in [3.63, 3.8) is 0 Å². The maximum absolute atomic E-state index is 14.0. The molecule has 0 spiro atoms. The molecule has 0 radical (unpaired) electrons.